The molecule has 14 heteroatoms. The van der Waals surface area contributed by atoms with Gasteiger partial charge in [0.15, 0.2) is 30.9 Å². The Hall–Kier alpha value is -3.47. The minimum absolute atomic E-state index is 0.108. The van der Waals surface area contributed by atoms with E-state index in [0.717, 1.165) is 31.9 Å². The van der Waals surface area contributed by atoms with Gasteiger partial charge in [-0.1, -0.05) is 60.7 Å². The molecule has 2 heterocycles. The van der Waals surface area contributed by atoms with Crippen LogP contribution in [0.5, 0.6) is 0 Å². The van der Waals surface area contributed by atoms with E-state index in [4.69, 9.17) is 42.6 Å². The van der Waals surface area contributed by atoms with Crippen LogP contribution in [0.2, 0.25) is 0 Å². The molecule has 0 radical (unpaired) electrons. The Morgan fingerprint density at radius 2 is 1.13 bits per heavy atom. The van der Waals surface area contributed by atoms with Gasteiger partial charge in [0.05, 0.1) is 26.4 Å². The van der Waals surface area contributed by atoms with Crippen molar-refractivity contribution in [3.8, 4) is 0 Å². The number of benzene rings is 2. The van der Waals surface area contributed by atoms with Crippen molar-refractivity contribution < 1.29 is 67.2 Å². The van der Waals surface area contributed by atoms with Gasteiger partial charge in [-0.25, -0.2) is 0 Å². The van der Waals surface area contributed by atoms with Gasteiger partial charge in [-0.2, -0.15) is 0 Å². The summed E-state index contributed by atoms with van der Waals surface area (Å²) in [7, 11) is 1.30. The van der Waals surface area contributed by atoms with Crippen molar-refractivity contribution >= 4 is 17.9 Å². The summed E-state index contributed by atoms with van der Waals surface area (Å²) in [5.41, 5.74) is 1.68. The molecule has 2 N–H and O–H groups in total. The van der Waals surface area contributed by atoms with Crippen molar-refractivity contribution in [1.29, 1.82) is 0 Å². The second kappa shape index (κ2) is 17.6. The van der Waals surface area contributed by atoms with Crippen LogP contribution in [0.3, 0.4) is 0 Å². The second-order valence-electron chi connectivity index (χ2n) is 11.1. The second-order valence-corrected chi connectivity index (χ2v) is 11.1. The molecule has 2 aliphatic heterocycles. The fraction of sp³-hybridized carbons (Fsp3) is 0.545. The monoisotopic (exact) mass is 662 g/mol. The Morgan fingerprint density at radius 1 is 0.638 bits per heavy atom. The number of esters is 3. The first-order valence-electron chi connectivity index (χ1n) is 15.2. The zero-order valence-corrected chi connectivity index (χ0v) is 26.7. The molecule has 4 unspecified atom stereocenters. The van der Waals surface area contributed by atoms with Crippen LogP contribution in [0.25, 0.3) is 0 Å². The lowest BCUT2D eigenvalue weighted by molar-refractivity contribution is -0.339. The van der Waals surface area contributed by atoms with E-state index in [-0.39, 0.29) is 19.8 Å². The summed E-state index contributed by atoms with van der Waals surface area (Å²) in [6.45, 7) is 2.79. The maximum atomic E-state index is 12.2. The van der Waals surface area contributed by atoms with Crippen LogP contribution in [0, 0.1) is 0 Å². The third-order valence-corrected chi connectivity index (χ3v) is 7.52. The first-order valence-corrected chi connectivity index (χ1v) is 15.2. The summed E-state index contributed by atoms with van der Waals surface area (Å²) in [5, 5.41) is 21.3. The maximum Gasteiger partial charge on any atom is 0.303 e. The lowest BCUT2D eigenvalue weighted by Gasteiger charge is -2.46. The van der Waals surface area contributed by atoms with E-state index >= 15 is 0 Å². The zero-order valence-electron chi connectivity index (χ0n) is 26.7. The van der Waals surface area contributed by atoms with Crippen molar-refractivity contribution in [1.82, 2.24) is 0 Å². The van der Waals surface area contributed by atoms with Crippen LogP contribution < -0.4 is 0 Å². The van der Waals surface area contributed by atoms with Crippen LogP contribution in [0.15, 0.2) is 60.7 Å². The van der Waals surface area contributed by atoms with Crippen LogP contribution in [0.1, 0.15) is 31.9 Å². The van der Waals surface area contributed by atoms with E-state index in [1.54, 1.807) is 0 Å². The van der Waals surface area contributed by atoms with Crippen molar-refractivity contribution in [2.45, 2.75) is 95.4 Å². The van der Waals surface area contributed by atoms with Crippen LogP contribution >= 0.6 is 0 Å². The van der Waals surface area contributed by atoms with Crippen molar-refractivity contribution in [3.63, 3.8) is 0 Å². The molecule has 0 bridgehead atoms. The molecule has 14 nitrogen and oxygen atoms in total. The molecular formula is C33H42O14. The SMILES string of the molecule is CO[C@H]1OC(CO[C@@H]2OC(CO)[C@@H](O)[C@@H](OCc3ccccc3)C2OCc2ccccc2)[C@@H](OC(C)=O)[C@H](OC(C)=O)C1OC(C)=O. The Labute approximate surface area is 272 Å². The van der Waals surface area contributed by atoms with Crippen molar-refractivity contribution in [3.05, 3.63) is 71.8 Å². The smallest absolute Gasteiger partial charge is 0.303 e. The van der Waals surface area contributed by atoms with Crippen molar-refractivity contribution in [2.24, 2.45) is 0 Å². The highest BCUT2D eigenvalue weighted by molar-refractivity contribution is 5.68. The Balaban J connectivity index is 1.61. The first-order chi connectivity index (χ1) is 22.6. The molecule has 0 aromatic heterocycles. The number of aliphatic hydroxyl groups excluding tert-OH is 2. The number of carbonyl (C=O) groups is 3. The summed E-state index contributed by atoms with van der Waals surface area (Å²) in [4.78, 5) is 36.2. The summed E-state index contributed by atoms with van der Waals surface area (Å²) in [5.74, 6) is -2.17. The molecule has 2 fully saturated rings. The number of rotatable bonds is 14. The zero-order chi connectivity index (χ0) is 33.9. The summed E-state index contributed by atoms with van der Waals surface area (Å²) in [6.07, 6.45) is -12.0. The average molecular weight is 663 g/mol. The quantitative estimate of drug-likeness (QED) is 0.219. The summed E-state index contributed by atoms with van der Waals surface area (Å²) in [6, 6.07) is 18.6. The Bertz CT molecular complexity index is 1280. The van der Waals surface area contributed by atoms with Gasteiger partial charge in [-0.15, -0.1) is 0 Å². The lowest BCUT2D eigenvalue weighted by atomic mass is 9.97. The van der Waals surface area contributed by atoms with Gasteiger partial charge in [0, 0.05) is 27.9 Å². The average Bonchev–Trinajstić information content (AvgIpc) is 3.05. The lowest BCUT2D eigenvalue weighted by Crippen LogP contribution is -2.64. The molecule has 0 spiro atoms. The van der Waals surface area contributed by atoms with Crippen LogP contribution in [-0.2, 0) is 70.2 Å². The summed E-state index contributed by atoms with van der Waals surface area (Å²) >= 11 is 0. The van der Waals surface area contributed by atoms with E-state index in [1.807, 2.05) is 60.7 Å². The third kappa shape index (κ3) is 10.0. The minimum Gasteiger partial charge on any atom is -0.456 e. The van der Waals surface area contributed by atoms with E-state index in [0.29, 0.717) is 0 Å². The molecule has 258 valence electrons. The molecule has 2 saturated heterocycles. The van der Waals surface area contributed by atoms with Gasteiger partial charge in [0.1, 0.15) is 30.5 Å². The molecule has 2 aromatic carbocycles. The first kappa shape index (κ1) is 36.4. The highest BCUT2D eigenvalue weighted by atomic mass is 16.8. The molecule has 0 aliphatic carbocycles. The largest absolute Gasteiger partial charge is 0.456 e. The van der Waals surface area contributed by atoms with Gasteiger partial charge >= 0.3 is 17.9 Å². The standard InChI is InChI=1S/C33H42O14/c1-19(35)43-27-25(47-32(39-4)31(45-21(3)37)29(27)44-20(2)36)18-42-33-30(41-17-23-13-9-6-10-14-23)28(26(38)24(15-34)46-33)40-16-22-11-7-5-8-12-22/h5-14,24-34,38H,15-18H2,1-4H3/t24?,25?,26-,27-,28-,29+,30?,31?,32+,33-/m1/s1. The van der Waals surface area contributed by atoms with Gasteiger partial charge in [-0.3, -0.25) is 14.4 Å². The van der Waals surface area contributed by atoms with Gasteiger partial charge in [-0.05, 0) is 11.1 Å². The van der Waals surface area contributed by atoms with Gasteiger partial charge < -0.3 is 52.8 Å². The molecular weight excluding hydrogens is 620 g/mol. The molecule has 0 amide bonds. The normalized spacial score (nSPS) is 30.7. The topological polar surface area (TPSA) is 175 Å². The van der Waals surface area contributed by atoms with Crippen LogP contribution in [0.4, 0.5) is 0 Å². The van der Waals surface area contributed by atoms with Gasteiger partial charge in [0.25, 0.3) is 0 Å². The number of hydrogen-bond acceptors (Lipinski definition) is 14. The Kier molecular flexibility index (Phi) is 13.6. The van der Waals surface area contributed by atoms with Crippen molar-refractivity contribution in [2.75, 3.05) is 20.3 Å². The number of methoxy groups -OCH3 is 1. The number of ether oxygens (including phenoxy) is 9. The number of hydrogen-bond donors (Lipinski definition) is 2. The van der Waals surface area contributed by atoms with E-state index in [1.165, 1.54) is 7.11 Å². The van der Waals surface area contributed by atoms with E-state index < -0.39 is 85.9 Å². The molecule has 10 atom stereocenters. The highest BCUT2D eigenvalue weighted by Gasteiger charge is 2.53. The summed E-state index contributed by atoms with van der Waals surface area (Å²) < 4.78 is 52.4. The fourth-order valence-corrected chi connectivity index (χ4v) is 5.44. The fourth-order valence-electron chi connectivity index (χ4n) is 5.44. The molecule has 2 aliphatic rings. The maximum absolute atomic E-state index is 12.2. The van der Waals surface area contributed by atoms with Crippen LogP contribution in [-0.4, -0.2) is 110 Å². The van der Waals surface area contributed by atoms with Gasteiger partial charge in [0.2, 0.25) is 0 Å². The molecule has 0 saturated carbocycles. The predicted molar refractivity (Wildman–Crippen MR) is 160 cm³/mol. The van der Waals surface area contributed by atoms with E-state index in [9.17, 15) is 24.6 Å². The Morgan fingerprint density at radius 3 is 1.64 bits per heavy atom. The number of aliphatic hydroxyl groups is 2. The van der Waals surface area contributed by atoms with E-state index in [2.05, 4.69) is 0 Å². The molecule has 2 aromatic rings. The third-order valence-electron chi connectivity index (χ3n) is 7.52. The molecule has 4 rings (SSSR count). The predicted octanol–water partition coefficient (Wildman–Crippen LogP) is 1.42. The molecule has 47 heavy (non-hydrogen) atoms. The minimum atomic E-state index is -1.32. The highest BCUT2D eigenvalue weighted by Crippen LogP contribution is 2.32. The number of carbonyl (C=O) groups excluding carboxylic acids is 3.